The highest BCUT2D eigenvalue weighted by Crippen LogP contribution is 2.57. The van der Waals surface area contributed by atoms with Crippen molar-refractivity contribution in [2.75, 3.05) is 14.2 Å². The van der Waals surface area contributed by atoms with Crippen molar-refractivity contribution in [1.82, 2.24) is 0 Å². The second-order valence-corrected chi connectivity index (χ2v) is 10.6. The van der Waals surface area contributed by atoms with Gasteiger partial charge in [0.25, 0.3) is 0 Å². The van der Waals surface area contributed by atoms with Crippen LogP contribution in [0.15, 0.2) is 44.6 Å². The quantitative estimate of drug-likeness (QED) is 0.603. The molecule has 23 heavy (non-hydrogen) atoms. The zero-order valence-electron chi connectivity index (χ0n) is 16.5. The Morgan fingerprint density at radius 2 is 0.739 bits per heavy atom. The van der Waals surface area contributed by atoms with Gasteiger partial charge in [0.05, 0.1) is 0 Å². The molecule has 2 aliphatic carbocycles. The summed E-state index contributed by atoms with van der Waals surface area (Å²) in [6.07, 6.45) is 0. The van der Waals surface area contributed by atoms with Gasteiger partial charge in [0.1, 0.15) is 0 Å². The summed E-state index contributed by atoms with van der Waals surface area (Å²) < 4.78 is 12.6. The van der Waals surface area contributed by atoms with E-state index in [4.69, 9.17) is 8.85 Å². The van der Waals surface area contributed by atoms with Gasteiger partial charge >= 0.3 is 8.56 Å². The minimum atomic E-state index is -2.53. The number of rotatable bonds is 4. The Morgan fingerprint density at radius 1 is 0.522 bits per heavy atom. The number of allylic oxidation sites excluding steroid dienone is 8. The van der Waals surface area contributed by atoms with Gasteiger partial charge in [-0.1, -0.05) is 22.3 Å². The van der Waals surface area contributed by atoms with Crippen LogP contribution in [0.25, 0.3) is 0 Å². The van der Waals surface area contributed by atoms with Crippen LogP contribution in [-0.4, -0.2) is 22.8 Å². The van der Waals surface area contributed by atoms with Crippen LogP contribution in [-0.2, 0) is 8.85 Å². The second kappa shape index (κ2) is 6.19. The van der Waals surface area contributed by atoms with Gasteiger partial charge in [-0.05, 0) is 77.7 Å². The summed E-state index contributed by atoms with van der Waals surface area (Å²) in [4.78, 5) is 0. The van der Waals surface area contributed by atoms with Crippen LogP contribution in [0.1, 0.15) is 55.4 Å². The highest BCUT2D eigenvalue weighted by Gasteiger charge is 2.57. The van der Waals surface area contributed by atoms with Gasteiger partial charge in [0.2, 0.25) is 0 Å². The number of hydrogen-bond acceptors (Lipinski definition) is 2. The lowest BCUT2D eigenvalue weighted by Crippen LogP contribution is -2.50. The molecule has 0 N–H and O–H groups in total. The lowest BCUT2D eigenvalue weighted by molar-refractivity contribution is 0.231. The first-order valence-electron chi connectivity index (χ1n) is 8.46. The van der Waals surface area contributed by atoms with E-state index in [2.05, 4.69) is 55.4 Å². The zero-order valence-corrected chi connectivity index (χ0v) is 17.5. The van der Waals surface area contributed by atoms with E-state index in [1.165, 1.54) is 44.6 Å². The van der Waals surface area contributed by atoms with Crippen molar-refractivity contribution in [2.45, 2.75) is 66.5 Å². The fourth-order valence-corrected chi connectivity index (χ4v) is 9.35. The maximum absolute atomic E-state index is 6.31. The zero-order chi connectivity index (χ0) is 17.7. The molecule has 128 valence electrons. The maximum Gasteiger partial charge on any atom is 0.360 e. The summed E-state index contributed by atoms with van der Waals surface area (Å²) in [6, 6.07) is 0. The first-order valence-corrected chi connectivity index (χ1v) is 10.4. The number of hydrogen-bond donors (Lipinski definition) is 0. The van der Waals surface area contributed by atoms with Crippen LogP contribution in [0.4, 0.5) is 0 Å². The smallest absolute Gasteiger partial charge is 0.360 e. The normalized spacial score (nSPS) is 21.7. The standard InChI is InChI=1S/C20H32O2Si/c1-11-12(2)16(6)19(15(11)5)23(21-9,22-10)20-17(7)13(3)14(4)18(20)8/h19-20H,1-10H3. The fourth-order valence-electron chi connectivity index (χ4n) is 4.63. The third kappa shape index (κ3) is 2.36. The van der Waals surface area contributed by atoms with Crippen LogP contribution in [0, 0.1) is 0 Å². The van der Waals surface area contributed by atoms with E-state index >= 15 is 0 Å². The van der Waals surface area contributed by atoms with E-state index in [0.717, 1.165) is 0 Å². The third-order valence-electron chi connectivity index (χ3n) is 6.67. The summed E-state index contributed by atoms with van der Waals surface area (Å²) in [7, 11) is 1.17. The van der Waals surface area contributed by atoms with Gasteiger partial charge < -0.3 is 8.85 Å². The van der Waals surface area contributed by atoms with Crippen molar-refractivity contribution in [3.05, 3.63) is 44.6 Å². The lowest BCUT2D eigenvalue weighted by atomic mass is 10.1. The topological polar surface area (TPSA) is 18.5 Å². The first-order chi connectivity index (χ1) is 10.7. The maximum atomic E-state index is 6.31. The highest BCUT2D eigenvalue weighted by atomic mass is 28.4. The average Bonchev–Trinajstić information content (AvgIpc) is 2.85. The fraction of sp³-hybridized carbons (Fsp3) is 0.600. The van der Waals surface area contributed by atoms with E-state index in [-0.39, 0.29) is 0 Å². The Balaban J connectivity index is 2.69. The summed E-state index contributed by atoms with van der Waals surface area (Å²) in [5.74, 6) is 0. The molecule has 0 aromatic rings. The Bertz CT molecular complexity index is 555. The van der Waals surface area contributed by atoms with Crippen molar-refractivity contribution >= 4 is 8.56 Å². The predicted molar refractivity (Wildman–Crippen MR) is 101 cm³/mol. The van der Waals surface area contributed by atoms with Crippen molar-refractivity contribution in [3.63, 3.8) is 0 Å². The summed E-state index contributed by atoms with van der Waals surface area (Å²) in [5, 5.41) is 0. The van der Waals surface area contributed by atoms with Gasteiger partial charge in [0, 0.05) is 25.3 Å². The van der Waals surface area contributed by atoms with Crippen LogP contribution in [0.3, 0.4) is 0 Å². The molecule has 0 aliphatic heterocycles. The Labute approximate surface area is 143 Å². The molecule has 0 atom stereocenters. The summed E-state index contributed by atoms with van der Waals surface area (Å²) in [6.45, 7) is 18.0. The molecule has 2 aliphatic rings. The molecule has 0 saturated heterocycles. The summed E-state index contributed by atoms with van der Waals surface area (Å²) >= 11 is 0. The first kappa shape index (κ1) is 18.4. The molecule has 0 unspecified atom stereocenters. The van der Waals surface area contributed by atoms with Gasteiger partial charge in [-0.15, -0.1) is 0 Å². The molecule has 0 aromatic heterocycles. The molecular weight excluding hydrogens is 300 g/mol. The van der Waals surface area contributed by atoms with Crippen LogP contribution in [0.5, 0.6) is 0 Å². The lowest BCUT2D eigenvalue weighted by Gasteiger charge is -2.41. The average molecular weight is 333 g/mol. The van der Waals surface area contributed by atoms with E-state index in [0.29, 0.717) is 11.1 Å². The van der Waals surface area contributed by atoms with Gasteiger partial charge in [-0.3, -0.25) is 0 Å². The SMILES string of the molecule is CO[Si](OC)(C1C(C)=C(C)C(C)=C1C)C1C(C)=C(C)C(C)=C1C. The van der Waals surface area contributed by atoms with Crippen LogP contribution < -0.4 is 0 Å². The molecule has 0 spiro atoms. The molecule has 0 bridgehead atoms. The van der Waals surface area contributed by atoms with E-state index in [9.17, 15) is 0 Å². The van der Waals surface area contributed by atoms with Gasteiger partial charge in [-0.2, -0.15) is 0 Å². The van der Waals surface area contributed by atoms with Crippen molar-refractivity contribution in [2.24, 2.45) is 0 Å². The molecular formula is C20H32O2Si. The predicted octanol–water partition coefficient (Wildman–Crippen LogP) is 5.83. The molecule has 0 radical (unpaired) electrons. The van der Waals surface area contributed by atoms with Crippen molar-refractivity contribution in [3.8, 4) is 0 Å². The van der Waals surface area contributed by atoms with Crippen molar-refractivity contribution in [1.29, 1.82) is 0 Å². The molecule has 2 nitrogen and oxygen atoms in total. The largest absolute Gasteiger partial charge is 0.397 e. The molecule has 0 aromatic carbocycles. The van der Waals surface area contributed by atoms with Crippen LogP contribution >= 0.6 is 0 Å². The molecule has 0 heterocycles. The molecule has 0 amide bonds. The summed E-state index contributed by atoms with van der Waals surface area (Å²) in [5.41, 5.74) is 12.0. The van der Waals surface area contributed by atoms with Gasteiger partial charge in [0.15, 0.2) is 0 Å². The minimum absolute atomic E-state index is 0.297. The Kier molecular flexibility index (Phi) is 4.96. The third-order valence-corrected chi connectivity index (χ3v) is 11.3. The monoisotopic (exact) mass is 332 g/mol. The Morgan fingerprint density at radius 3 is 0.913 bits per heavy atom. The molecule has 0 fully saturated rings. The van der Waals surface area contributed by atoms with E-state index in [1.807, 2.05) is 14.2 Å². The van der Waals surface area contributed by atoms with Crippen molar-refractivity contribution < 1.29 is 8.85 Å². The molecule has 3 heteroatoms. The highest BCUT2D eigenvalue weighted by molar-refractivity contribution is 6.73. The van der Waals surface area contributed by atoms with Crippen LogP contribution in [0.2, 0.25) is 11.1 Å². The molecule has 2 rings (SSSR count). The van der Waals surface area contributed by atoms with E-state index in [1.54, 1.807) is 0 Å². The second-order valence-electron chi connectivity index (χ2n) is 7.23. The van der Waals surface area contributed by atoms with E-state index < -0.39 is 8.56 Å². The Hall–Kier alpha value is -0.903. The molecule has 0 saturated carbocycles. The van der Waals surface area contributed by atoms with Gasteiger partial charge in [-0.25, -0.2) is 0 Å². The minimum Gasteiger partial charge on any atom is -0.397 e.